The van der Waals surface area contributed by atoms with Crippen molar-refractivity contribution in [2.75, 3.05) is 43.1 Å². The van der Waals surface area contributed by atoms with Gasteiger partial charge in [-0.3, -0.25) is 14.5 Å². The largest absolute Gasteiger partial charge is 0.497 e. The number of piperazine rings is 1. The lowest BCUT2D eigenvalue weighted by Gasteiger charge is -2.37. The van der Waals surface area contributed by atoms with Crippen LogP contribution >= 0.6 is 0 Å². The Labute approximate surface area is 203 Å². The summed E-state index contributed by atoms with van der Waals surface area (Å²) in [5.74, 6) is 1.38. The predicted molar refractivity (Wildman–Crippen MR) is 130 cm³/mol. The second-order valence-corrected chi connectivity index (χ2v) is 8.67. The number of carbonyl (C=O) groups excluding carboxylic acids is 2. The van der Waals surface area contributed by atoms with Crippen LogP contribution in [0.5, 0.6) is 5.75 Å². The second kappa shape index (κ2) is 9.42. The SMILES string of the molecule is COc1ccc(-c2cc(N3CCN([C@H]4CC(=O)N(c5ccc(F)cc5)C4=O)CC3)nc(C)n2)cc1. The van der Waals surface area contributed by atoms with Crippen LogP contribution in [0.25, 0.3) is 11.3 Å². The van der Waals surface area contributed by atoms with E-state index in [4.69, 9.17) is 4.74 Å². The van der Waals surface area contributed by atoms with Gasteiger partial charge in [0.05, 0.1) is 31.0 Å². The first-order valence-electron chi connectivity index (χ1n) is 11.5. The highest BCUT2D eigenvalue weighted by Gasteiger charge is 2.43. The van der Waals surface area contributed by atoms with Crippen molar-refractivity contribution in [2.24, 2.45) is 0 Å². The predicted octanol–water partition coefficient (Wildman–Crippen LogP) is 3.05. The van der Waals surface area contributed by atoms with Gasteiger partial charge in [0.25, 0.3) is 5.91 Å². The lowest BCUT2D eigenvalue weighted by atomic mass is 10.1. The summed E-state index contributed by atoms with van der Waals surface area (Å²) < 4.78 is 18.5. The van der Waals surface area contributed by atoms with Gasteiger partial charge in [-0.1, -0.05) is 0 Å². The van der Waals surface area contributed by atoms with E-state index in [1.807, 2.05) is 37.3 Å². The van der Waals surface area contributed by atoms with Crippen LogP contribution in [-0.2, 0) is 9.59 Å². The maximum atomic E-state index is 13.3. The van der Waals surface area contributed by atoms with Crippen molar-refractivity contribution in [2.45, 2.75) is 19.4 Å². The monoisotopic (exact) mass is 475 g/mol. The van der Waals surface area contributed by atoms with Crippen molar-refractivity contribution in [3.8, 4) is 17.0 Å². The topological polar surface area (TPSA) is 78.9 Å². The number of aromatic nitrogens is 2. The van der Waals surface area contributed by atoms with Crippen molar-refractivity contribution in [3.63, 3.8) is 0 Å². The number of anilines is 2. The first kappa shape index (κ1) is 22.9. The number of hydrogen-bond donors (Lipinski definition) is 0. The number of carbonyl (C=O) groups is 2. The second-order valence-electron chi connectivity index (χ2n) is 8.67. The van der Waals surface area contributed by atoms with E-state index in [-0.39, 0.29) is 18.2 Å². The zero-order valence-electron chi connectivity index (χ0n) is 19.6. The number of imide groups is 1. The molecule has 0 N–H and O–H groups in total. The average molecular weight is 476 g/mol. The number of rotatable bonds is 5. The Morgan fingerprint density at radius 3 is 2.29 bits per heavy atom. The minimum Gasteiger partial charge on any atom is -0.497 e. The third-order valence-corrected chi connectivity index (χ3v) is 6.50. The molecule has 0 radical (unpaired) electrons. The summed E-state index contributed by atoms with van der Waals surface area (Å²) in [7, 11) is 1.64. The Hall–Kier alpha value is -3.85. The van der Waals surface area contributed by atoms with Crippen LogP contribution in [0.3, 0.4) is 0 Å². The molecule has 0 aliphatic carbocycles. The Balaban J connectivity index is 1.27. The van der Waals surface area contributed by atoms with Crippen LogP contribution in [0.4, 0.5) is 15.9 Å². The Morgan fingerprint density at radius 2 is 1.63 bits per heavy atom. The molecule has 3 heterocycles. The van der Waals surface area contributed by atoms with Gasteiger partial charge in [-0.15, -0.1) is 0 Å². The van der Waals surface area contributed by atoms with Crippen molar-refractivity contribution in [1.29, 1.82) is 0 Å². The third-order valence-electron chi connectivity index (χ3n) is 6.50. The summed E-state index contributed by atoms with van der Waals surface area (Å²) in [5, 5.41) is 0. The molecular weight excluding hydrogens is 449 g/mol. The Morgan fingerprint density at radius 1 is 0.943 bits per heavy atom. The lowest BCUT2D eigenvalue weighted by Crippen LogP contribution is -2.52. The molecule has 2 aliphatic heterocycles. The molecule has 2 fully saturated rings. The zero-order chi connectivity index (χ0) is 24.5. The fraction of sp³-hybridized carbons (Fsp3) is 0.308. The van der Waals surface area contributed by atoms with E-state index < -0.39 is 11.9 Å². The van der Waals surface area contributed by atoms with Gasteiger partial charge >= 0.3 is 0 Å². The molecule has 0 bridgehead atoms. The Bertz CT molecular complexity index is 1240. The summed E-state index contributed by atoms with van der Waals surface area (Å²) in [5.41, 5.74) is 2.22. The molecular formula is C26H26FN5O3. The van der Waals surface area contributed by atoms with Gasteiger partial charge in [0.2, 0.25) is 5.91 Å². The normalized spacial score (nSPS) is 18.9. The average Bonchev–Trinajstić information content (AvgIpc) is 3.18. The molecule has 0 spiro atoms. The van der Waals surface area contributed by atoms with Gasteiger partial charge in [0, 0.05) is 37.8 Å². The maximum absolute atomic E-state index is 13.3. The fourth-order valence-corrected chi connectivity index (χ4v) is 4.65. The molecule has 0 unspecified atom stereocenters. The molecule has 3 aromatic rings. The molecule has 1 atom stereocenters. The van der Waals surface area contributed by atoms with E-state index in [9.17, 15) is 14.0 Å². The highest BCUT2D eigenvalue weighted by Crippen LogP contribution is 2.28. The molecule has 9 heteroatoms. The van der Waals surface area contributed by atoms with Gasteiger partial charge in [-0.05, 0) is 55.5 Å². The molecule has 180 valence electrons. The standard InChI is InChI=1S/C26H26FN5O3/c1-17-28-22(18-3-9-21(35-2)10-4-18)15-24(29-17)31-13-11-30(12-14-31)23-16-25(33)32(26(23)34)20-7-5-19(27)6-8-20/h3-10,15,23H,11-14,16H2,1-2H3/t23-/m0/s1. The van der Waals surface area contributed by atoms with Crippen LogP contribution < -0.4 is 14.5 Å². The van der Waals surface area contributed by atoms with Crippen molar-refractivity contribution < 1.29 is 18.7 Å². The fourth-order valence-electron chi connectivity index (χ4n) is 4.65. The molecule has 35 heavy (non-hydrogen) atoms. The minimum atomic E-state index is -0.503. The van der Waals surface area contributed by atoms with Gasteiger partial charge in [0.1, 0.15) is 23.2 Å². The van der Waals surface area contributed by atoms with E-state index in [0.29, 0.717) is 37.7 Å². The smallest absolute Gasteiger partial charge is 0.251 e. The van der Waals surface area contributed by atoms with Crippen LogP contribution in [-0.4, -0.2) is 66.0 Å². The van der Waals surface area contributed by atoms with Gasteiger partial charge < -0.3 is 9.64 Å². The number of nitrogens with zero attached hydrogens (tertiary/aromatic N) is 5. The molecule has 2 saturated heterocycles. The quantitative estimate of drug-likeness (QED) is 0.525. The number of hydrogen-bond acceptors (Lipinski definition) is 7. The number of aryl methyl sites for hydroxylation is 1. The third kappa shape index (κ3) is 4.59. The summed E-state index contributed by atoms with van der Waals surface area (Å²) >= 11 is 0. The lowest BCUT2D eigenvalue weighted by molar-refractivity contribution is -0.123. The van der Waals surface area contributed by atoms with Crippen molar-refractivity contribution in [3.05, 3.63) is 66.2 Å². The first-order chi connectivity index (χ1) is 16.9. The van der Waals surface area contributed by atoms with Crippen LogP contribution in [0.1, 0.15) is 12.2 Å². The van der Waals surface area contributed by atoms with Gasteiger partial charge in [-0.25, -0.2) is 19.3 Å². The van der Waals surface area contributed by atoms with Crippen molar-refractivity contribution >= 4 is 23.3 Å². The molecule has 0 saturated carbocycles. The molecule has 2 amide bonds. The van der Waals surface area contributed by atoms with E-state index in [2.05, 4.69) is 19.8 Å². The number of amides is 2. The molecule has 5 rings (SSSR count). The zero-order valence-corrected chi connectivity index (χ0v) is 19.6. The number of methoxy groups -OCH3 is 1. The summed E-state index contributed by atoms with van der Waals surface area (Å²) in [6, 6.07) is 14.7. The van der Waals surface area contributed by atoms with E-state index in [0.717, 1.165) is 22.8 Å². The summed E-state index contributed by atoms with van der Waals surface area (Å²) in [4.78, 5) is 40.3. The molecule has 2 aliphatic rings. The molecule has 2 aromatic carbocycles. The van der Waals surface area contributed by atoms with Gasteiger partial charge in [0.15, 0.2) is 0 Å². The molecule has 8 nitrogen and oxygen atoms in total. The first-order valence-corrected chi connectivity index (χ1v) is 11.5. The minimum absolute atomic E-state index is 0.129. The van der Waals surface area contributed by atoms with Gasteiger partial charge in [-0.2, -0.15) is 0 Å². The summed E-state index contributed by atoms with van der Waals surface area (Å²) in [6.07, 6.45) is 0.129. The number of ether oxygens (including phenoxy) is 1. The van der Waals surface area contributed by atoms with Crippen LogP contribution in [0.15, 0.2) is 54.6 Å². The Kier molecular flexibility index (Phi) is 6.17. The van der Waals surface area contributed by atoms with Crippen LogP contribution in [0.2, 0.25) is 0 Å². The summed E-state index contributed by atoms with van der Waals surface area (Å²) in [6.45, 7) is 4.48. The van der Waals surface area contributed by atoms with Crippen LogP contribution in [0, 0.1) is 12.7 Å². The van der Waals surface area contributed by atoms with E-state index in [1.165, 1.54) is 29.2 Å². The molecule has 1 aromatic heterocycles. The maximum Gasteiger partial charge on any atom is 0.251 e. The van der Waals surface area contributed by atoms with E-state index in [1.54, 1.807) is 7.11 Å². The number of benzene rings is 2. The highest BCUT2D eigenvalue weighted by atomic mass is 19.1. The highest BCUT2D eigenvalue weighted by molar-refractivity contribution is 6.22. The van der Waals surface area contributed by atoms with Crippen molar-refractivity contribution in [1.82, 2.24) is 14.9 Å². The van der Waals surface area contributed by atoms with E-state index >= 15 is 0 Å². The number of halogens is 1.